The van der Waals surface area contributed by atoms with Gasteiger partial charge in [0, 0.05) is 13.2 Å². The van der Waals surface area contributed by atoms with Crippen molar-refractivity contribution in [3.05, 3.63) is 35.4 Å². The van der Waals surface area contributed by atoms with E-state index in [0.717, 1.165) is 11.1 Å². The molecule has 0 amide bonds. The zero-order valence-corrected chi connectivity index (χ0v) is 13.0. The Bertz CT molecular complexity index is 411. The zero-order valence-electron chi connectivity index (χ0n) is 13.0. The van der Waals surface area contributed by atoms with Crippen LogP contribution in [-0.2, 0) is 41.8 Å². The maximum Gasteiger partial charge on any atom is 0.332 e. The quantitative estimate of drug-likeness (QED) is 0.614. The molecular formula is C16H22O6. The summed E-state index contributed by atoms with van der Waals surface area (Å²) in [7, 11) is 0. The standard InChI is InChI=1S/C16H22O6/c1-3-19-11-15(17)21-9-13-5-7-14(8-6-13)10-22-16(18)12-20-4-2/h5-8H,3-4,9-12H2,1-2H3. The Morgan fingerprint density at radius 2 is 1.14 bits per heavy atom. The summed E-state index contributed by atoms with van der Waals surface area (Å²) in [6, 6.07) is 7.28. The summed E-state index contributed by atoms with van der Waals surface area (Å²) in [5.74, 6) is -0.786. The highest BCUT2D eigenvalue weighted by Crippen LogP contribution is 2.07. The van der Waals surface area contributed by atoms with Gasteiger partial charge >= 0.3 is 11.9 Å². The van der Waals surface area contributed by atoms with Crippen LogP contribution in [0.4, 0.5) is 0 Å². The van der Waals surface area contributed by atoms with E-state index in [1.54, 1.807) is 0 Å². The molecule has 1 rings (SSSR count). The number of carbonyl (C=O) groups is 2. The van der Waals surface area contributed by atoms with Crippen molar-refractivity contribution < 1.29 is 28.5 Å². The lowest BCUT2D eigenvalue weighted by Crippen LogP contribution is -2.13. The van der Waals surface area contributed by atoms with Gasteiger partial charge in [-0.15, -0.1) is 0 Å². The number of esters is 2. The smallest absolute Gasteiger partial charge is 0.332 e. The van der Waals surface area contributed by atoms with E-state index in [9.17, 15) is 9.59 Å². The highest BCUT2D eigenvalue weighted by atomic mass is 16.6. The van der Waals surface area contributed by atoms with Gasteiger partial charge in [-0.1, -0.05) is 24.3 Å². The molecular weight excluding hydrogens is 288 g/mol. The van der Waals surface area contributed by atoms with Gasteiger partial charge in [0.15, 0.2) is 0 Å². The Hall–Kier alpha value is -1.92. The number of hydrogen-bond acceptors (Lipinski definition) is 6. The normalized spacial score (nSPS) is 10.3. The molecule has 0 unspecified atom stereocenters. The fourth-order valence-corrected chi connectivity index (χ4v) is 1.51. The molecule has 1 aromatic carbocycles. The molecule has 0 aliphatic carbocycles. The van der Waals surface area contributed by atoms with Gasteiger partial charge in [-0.25, -0.2) is 9.59 Å². The third-order valence-corrected chi connectivity index (χ3v) is 2.67. The second kappa shape index (κ2) is 10.8. The molecule has 0 heterocycles. The van der Waals surface area contributed by atoms with E-state index >= 15 is 0 Å². The number of carbonyl (C=O) groups excluding carboxylic acids is 2. The molecule has 0 aromatic heterocycles. The molecule has 0 spiro atoms. The van der Waals surface area contributed by atoms with Crippen molar-refractivity contribution in [2.75, 3.05) is 26.4 Å². The Labute approximate surface area is 130 Å². The molecule has 6 heteroatoms. The average Bonchev–Trinajstić information content (AvgIpc) is 2.55. The number of rotatable bonds is 10. The van der Waals surface area contributed by atoms with Crippen LogP contribution in [0.1, 0.15) is 25.0 Å². The van der Waals surface area contributed by atoms with Crippen molar-refractivity contribution >= 4 is 11.9 Å². The first-order chi connectivity index (χ1) is 10.7. The molecule has 0 bridgehead atoms. The minimum absolute atomic E-state index is 0.0373. The van der Waals surface area contributed by atoms with Crippen molar-refractivity contribution in [3.8, 4) is 0 Å². The lowest BCUT2D eigenvalue weighted by Gasteiger charge is -2.07. The summed E-state index contributed by atoms with van der Waals surface area (Å²) in [6.45, 7) is 4.89. The van der Waals surface area contributed by atoms with Crippen LogP contribution in [0.15, 0.2) is 24.3 Å². The highest BCUT2D eigenvalue weighted by molar-refractivity contribution is 5.71. The van der Waals surface area contributed by atoms with Gasteiger partial charge in [-0.2, -0.15) is 0 Å². The molecule has 1 aromatic rings. The van der Waals surface area contributed by atoms with Crippen LogP contribution in [0, 0.1) is 0 Å². The zero-order chi connectivity index (χ0) is 16.2. The summed E-state index contributed by atoms with van der Waals surface area (Å²) < 4.78 is 20.0. The van der Waals surface area contributed by atoms with E-state index in [1.165, 1.54) is 0 Å². The third kappa shape index (κ3) is 7.75. The summed E-state index contributed by atoms with van der Waals surface area (Å²) in [5, 5.41) is 0. The van der Waals surface area contributed by atoms with Crippen molar-refractivity contribution in [2.45, 2.75) is 27.1 Å². The van der Waals surface area contributed by atoms with E-state index in [1.807, 2.05) is 38.1 Å². The molecule has 122 valence electrons. The molecule has 0 aliphatic rings. The molecule has 0 N–H and O–H groups in total. The maximum absolute atomic E-state index is 11.3. The fraction of sp³-hybridized carbons (Fsp3) is 0.500. The highest BCUT2D eigenvalue weighted by Gasteiger charge is 2.05. The molecule has 0 saturated carbocycles. The first kappa shape index (κ1) is 18.1. The SMILES string of the molecule is CCOCC(=O)OCc1ccc(COC(=O)COCC)cc1. The van der Waals surface area contributed by atoms with Crippen LogP contribution in [0.2, 0.25) is 0 Å². The molecule has 0 radical (unpaired) electrons. The summed E-state index contributed by atoms with van der Waals surface area (Å²) in [5.41, 5.74) is 1.71. The topological polar surface area (TPSA) is 71.1 Å². The largest absolute Gasteiger partial charge is 0.459 e. The number of ether oxygens (including phenoxy) is 4. The van der Waals surface area contributed by atoms with Gasteiger partial charge in [0.05, 0.1) is 0 Å². The first-order valence-corrected chi connectivity index (χ1v) is 7.20. The lowest BCUT2D eigenvalue weighted by atomic mass is 10.1. The van der Waals surface area contributed by atoms with Crippen molar-refractivity contribution in [2.24, 2.45) is 0 Å². The van der Waals surface area contributed by atoms with Crippen LogP contribution in [-0.4, -0.2) is 38.4 Å². The number of hydrogen-bond donors (Lipinski definition) is 0. The van der Waals surface area contributed by atoms with E-state index < -0.39 is 11.9 Å². The fourth-order valence-electron chi connectivity index (χ4n) is 1.51. The van der Waals surface area contributed by atoms with E-state index in [2.05, 4.69) is 0 Å². The van der Waals surface area contributed by atoms with E-state index in [-0.39, 0.29) is 26.4 Å². The predicted octanol–water partition coefficient (Wildman–Crippen LogP) is 1.85. The van der Waals surface area contributed by atoms with Crippen LogP contribution in [0.5, 0.6) is 0 Å². The van der Waals surface area contributed by atoms with Gasteiger partial charge in [-0.05, 0) is 25.0 Å². The van der Waals surface area contributed by atoms with Crippen LogP contribution in [0.25, 0.3) is 0 Å². The Morgan fingerprint density at radius 3 is 1.45 bits per heavy atom. The number of benzene rings is 1. The second-order valence-electron chi connectivity index (χ2n) is 4.41. The Morgan fingerprint density at radius 1 is 0.773 bits per heavy atom. The van der Waals surface area contributed by atoms with Crippen molar-refractivity contribution in [3.63, 3.8) is 0 Å². The maximum atomic E-state index is 11.3. The molecule has 6 nitrogen and oxygen atoms in total. The molecule has 0 atom stereocenters. The Kier molecular flexibility index (Phi) is 8.86. The van der Waals surface area contributed by atoms with E-state index in [0.29, 0.717) is 13.2 Å². The van der Waals surface area contributed by atoms with Gasteiger partial charge in [0.25, 0.3) is 0 Å². The predicted molar refractivity (Wildman–Crippen MR) is 79.0 cm³/mol. The van der Waals surface area contributed by atoms with Crippen molar-refractivity contribution in [1.82, 2.24) is 0 Å². The summed E-state index contributed by atoms with van der Waals surface area (Å²) >= 11 is 0. The van der Waals surface area contributed by atoms with E-state index in [4.69, 9.17) is 18.9 Å². The lowest BCUT2D eigenvalue weighted by molar-refractivity contribution is -0.151. The third-order valence-electron chi connectivity index (χ3n) is 2.67. The van der Waals surface area contributed by atoms with Crippen LogP contribution < -0.4 is 0 Å². The van der Waals surface area contributed by atoms with Gasteiger partial charge in [0.1, 0.15) is 26.4 Å². The molecule has 0 saturated heterocycles. The monoisotopic (exact) mass is 310 g/mol. The first-order valence-electron chi connectivity index (χ1n) is 7.20. The molecule has 0 fully saturated rings. The van der Waals surface area contributed by atoms with Gasteiger partial charge < -0.3 is 18.9 Å². The molecule has 22 heavy (non-hydrogen) atoms. The minimum Gasteiger partial charge on any atom is -0.459 e. The van der Waals surface area contributed by atoms with Gasteiger partial charge in [-0.3, -0.25) is 0 Å². The van der Waals surface area contributed by atoms with Crippen LogP contribution >= 0.6 is 0 Å². The Balaban J connectivity index is 2.30. The minimum atomic E-state index is -0.393. The molecule has 0 aliphatic heterocycles. The van der Waals surface area contributed by atoms with Gasteiger partial charge in [0.2, 0.25) is 0 Å². The summed E-state index contributed by atoms with van der Waals surface area (Å²) in [4.78, 5) is 22.6. The van der Waals surface area contributed by atoms with Crippen LogP contribution in [0.3, 0.4) is 0 Å². The average molecular weight is 310 g/mol. The van der Waals surface area contributed by atoms with Crippen molar-refractivity contribution in [1.29, 1.82) is 0 Å². The summed E-state index contributed by atoms with van der Waals surface area (Å²) in [6.07, 6.45) is 0. The second-order valence-corrected chi connectivity index (χ2v) is 4.41.